The number of anilines is 1. The molecule has 7 nitrogen and oxygen atoms in total. The van der Waals surface area contributed by atoms with Crippen LogP contribution in [0.25, 0.3) is 5.65 Å². The molecule has 3 rings (SSSR count). The second kappa shape index (κ2) is 8.33. The lowest BCUT2D eigenvalue weighted by Crippen LogP contribution is -2.34. The zero-order valence-electron chi connectivity index (χ0n) is 14.8. The molecule has 0 atom stereocenters. The monoisotopic (exact) mass is 353 g/mol. The molecule has 26 heavy (non-hydrogen) atoms. The lowest BCUT2D eigenvalue weighted by molar-refractivity contribution is -0.121. The Balaban J connectivity index is 1.48. The molecule has 3 aromatic rings. The Morgan fingerprint density at radius 1 is 1.15 bits per heavy atom. The Bertz CT molecular complexity index is 916. The largest absolute Gasteiger partial charge is 0.372 e. The van der Waals surface area contributed by atoms with Crippen LogP contribution in [0.2, 0.25) is 0 Å². The zero-order chi connectivity index (χ0) is 18.4. The fourth-order valence-electron chi connectivity index (χ4n) is 2.87. The highest BCUT2D eigenvalue weighted by molar-refractivity contribution is 5.75. The highest BCUT2D eigenvalue weighted by Gasteiger charge is 2.10. The normalized spacial score (nSPS) is 10.8. The van der Waals surface area contributed by atoms with Gasteiger partial charge in [0.2, 0.25) is 5.91 Å². The second-order valence-corrected chi connectivity index (χ2v) is 5.99. The Kier molecular flexibility index (Phi) is 5.68. The number of para-hydroxylation sites is 1. The van der Waals surface area contributed by atoms with E-state index >= 15 is 0 Å². The van der Waals surface area contributed by atoms with Gasteiger partial charge < -0.3 is 10.2 Å². The summed E-state index contributed by atoms with van der Waals surface area (Å²) in [5.74, 6) is -0.210. The van der Waals surface area contributed by atoms with Crippen LogP contribution < -0.4 is 15.9 Å². The first-order valence-electron chi connectivity index (χ1n) is 8.80. The molecule has 0 aliphatic rings. The number of pyridine rings is 1. The molecule has 0 bridgehead atoms. The number of hydrogen-bond donors (Lipinski definition) is 1. The summed E-state index contributed by atoms with van der Waals surface area (Å²) < 4.78 is 2.61. The summed E-state index contributed by atoms with van der Waals surface area (Å²) in [6.07, 6.45) is 2.47. The van der Waals surface area contributed by atoms with Gasteiger partial charge in [-0.25, -0.2) is 9.48 Å². The maximum absolute atomic E-state index is 12.2. The van der Waals surface area contributed by atoms with Crippen LogP contribution in [0.3, 0.4) is 0 Å². The molecule has 0 saturated heterocycles. The summed E-state index contributed by atoms with van der Waals surface area (Å²) in [6.45, 7) is 4.37. The molecular weight excluding hydrogens is 330 g/mol. The molecule has 2 heterocycles. The molecule has 2 aromatic heterocycles. The molecule has 7 heteroatoms. The summed E-state index contributed by atoms with van der Waals surface area (Å²) in [7, 11) is 0. The lowest BCUT2D eigenvalue weighted by Gasteiger charge is -2.23. The van der Waals surface area contributed by atoms with Gasteiger partial charge in [0.15, 0.2) is 5.65 Å². The SMILES string of the molecule is CCN(CCCNC(=O)Cn1nc2ccccn2c1=O)c1ccccc1. The van der Waals surface area contributed by atoms with Crippen LogP contribution in [0, 0.1) is 0 Å². The van der Waals surface area contributed by atoms with E-state index in [2.05, 4.69) is 34.4 Å². The number of carbonyl (C=O) groups is 1. The van der Waals surface area contributed by atoms with Crippen LogP contribution in [-0.2, 0) is 11.3 Å². The smallest absolute Gasteiger partial charge is 0.350 e. The Hall–Kier alpha value is -3.09. The van der Waals surface area contributed by atoms with Gasteiger partial charge in [0.05, 0.1) is 0 Å². The van der Waals surface area contributed by atoms with Gasteiger partial charge in [-0.1, -0.05) is 24.3 Å². The highest BCUT2D eigenvalue weighted by Crippen LogP contribution is 2.12. The molecule has 0 fully saturated rings. The van der Waals surface area contributed by atoms with Crippen LogP contribution in [-0.4, -0.2) is 39.7 Å². The molecule has 0 spiro atoms. The number of rotatable bonds is 8. The summed E-state index contributed by atoms with van der Waals surface area (Å²) in [4.78, 5) is 26.5. The van der Waals surface area contributed by atoms with Gasteiger partial charge in [0, 0.05) is 31.5 Å². The Labute approximate surface area is 151 Å². The molecule has 1 aromatic carbocycles. The van der Waals surface area contributed by atoms with E-state index in [1.807, 2.05) is 18.2 Å². The van der Waals surface area contributed by atoms with E-state index in [1.54, 1.807) is 24.4 Å². The number of nitrogens with one attached hydrogen (secondary N) is 1. The van der Waals surface area contributed by atoms with E-state index in [4.69, 9.17) is 0 Å². The van der Waals surface area contributed by atoms with E-state index in [9.17, 15) is 9.59 Å². The first-order valence-corrected chi connectivity index (χ1v) is 8.80. The van der Waals surface area contributed by atoms with Crippen molar-refractivity contribution in [3.63, 3.8) is 0 Å². The quantitative estimate of drug-likeness (QED) is 0.624. The minimum absolute atomic E-state index is 0.0727. The van der Waals surface area contributed by atoms with E-state index in [1.165, 1.54) is 14.8 Å². The molecule has 1 N–H and O–H groups in total. The number of carbonyl (C=O) groups excluding carboxylic acids is 1. The predicted octanol–water partition coefficient (Wildman–Crippen LogP) is 1.53. The van der Waals surface area contributed by atoms with Crippen LogP contribution in [0.5, 0.6) is 0 Å². The molecule has 0 aliphatic heterocycles. The molecule has 0 unspecified atom stereocenters. The average molecular weight is 353 g/mol. The van der Waals surface area contributed by atoms with E-state index < -0.39 is 0 Å². The standard InChI is InChI=1S/C19H23N5O2/c1-2-22(16-9-4-3-5-10-16)13-8-12-20-18(25)15-24-19(26)23-14-7-6-11-17(23)21-24/h3-7,9-11,14H,2,8,12-13,15H2,1H3,(H,20,25). The van der Waals surface area contributed by atoms with Gasteiger partial charge in [-0.05, 0) is 37.6 Å². The third-order valence-corrected chi connectivity index (χ3v) is 4.21. The highest BCUT2D eigenvalue weighted by atomic mass is 16.2. The summed E-state index contributed by atoms with van der Waals surface area (Å²) >= 11 is 0. The van der Waals surface area contributed by atoms with Gasteiger partial charge in [0.25, 0.3) is 0 Å². The number of aromatic nitrogens is 3. The van der Waals surface area contributed by atoms with Crippen molar-refractivity contribution in [3.8, 4) is 0 Å². The molecule has 0 aliphatic carbocycles. The van der Waals surface area contributed by atoms with E-state index in [0.29, 0.717) is 12.2 Å². The van der Waals surface area contributed by atoms with Crippen molar-refractivity contribution >= 4 is 17.2 Å². The third-order valence-electron chi connectivity index (χ3n) is 4.21. The van der Waals surface area contributed by atoms with Crippen LogP contribution in [0.4, 0.5) is 5.69 Å². The van der Waals surface area contributed by atoms with Crippen molar-refractivity contribution < 1.29 is 4.79 Å². The number of fused-ring (bicyclic) bond motifs is 1. The van der Waals surface area contributed by atoms with Crippen molar-refractivity contribution in [3.05, 3.63) is 65.2 Å². The third kappa shape index (κ3) is 4.11. The van der Waals surface area contributed by atoms with Gasteiger partial charge in [-0.15, -0.1) is 5.10 Å². The number of amides is 1. The molecular formula is C19H23N5O2. The van der Waals surface area contributed by atoms with Gasteiger partial charge in [0.1, 0.15) is 6.54 Å². The fourth-order valence-corrected chi connectivity index (χ4v) is 2.87. The lowest BCUT2D eigenvalue weighted by atomic mass is 10.2. The van der Waals surface area contributed by atoms with Gasteiger partial charge in [-0.2, -0.15) is 0 Å². The number of benzene rings is 1. The molecule has 136 valence electrons. The molecule has 1 amide bonds. The maximum atomic E-state index is 12.2. The van der Waals surface area contributed by atoms with E-state index in [-0.39, 0.29) is 18.1 Å². The summed E-state index contributed by atoms with van der Waals surface area (Å²) in [5, 5.41) is 7.02. The van der Waals surface area contributed by atoms with Crippen LogP contribution in [0.15, 0.2) is 59.5 Å². The predicted molar refractivity (Wildman–Crippen MR) is 101 cm³/mol. The van der Waals surface area contributed by atoms with E-state index in [0.717, 1.165) is 19.5 Å². The van der Waals surface area contributed by atoms with Crippen molar-refractivity contribution in [2.75, 3.05) is 24.5 Å². The van der Waals surface area contributed by atoms with Crippen LogP contribution >= 0.6 is 0 Å². The minimum Gasteiger partial charge on any atom is -0.372 e. The number of nitrogens with zero attached hydrogens (tertiary/aromatic N) is 4. The average Bonchev–Trinajstić information content (AvgIpc) is 2.98. The van der Waals surface area contributed by atoms with Gasteiger partial charge in [-0.3, -0.25) is 9.20 Å². The van der Waals surface area contributed by atoms with Crippen molar-refractivity contribution in [2.45, 2.75) is 19.9 Å². The summed E-state index contributed by atoms with van der Waals surface area (Å²) in [5.41, 5.74) is 1.40. The first-order chi connectivity index (χ1) is 12.7. The fraction of sp³-hybridized carbons (Fsp3) is 0.316. The van der Waals surface area contributed by atoms with Gasteiger partial charge >= 0.3 is 5.69 Å². The van der Waals surface area contributed by atoms with Crippen molar-refractivity contribution in [1.29, 1.82) is 0 Å². The second-order valence-electron chi connectivity index (χ2n) is 5.99. The van der Waals surface area contributed by atoms with Crippen LogP contribution in [0.1, 0.15) is 13.3 Å². The Morgan fingerprint density at radius 2 is 1.92 bits per heavy atom. The zero-order valence-corrected chi connectivity index (χ0v) is 14.8. The minimum atomic E-state index is -0.308. The molecule has 0 saturated carbocycles. The number of hydrogen-bond acceptors (Lipinski definition) is 4. The molecule has 0 radical (unpaired) electrons. The Morgan fingerprint density at radius 3 is 2.65 bits per heavy atom. The first kappa shape index (κ1) is 17.7. The summed E-state index contributed by atoms with van der Waals surface area (Å²) in [6, 6.07) is 15.5. The topological polar surface area (TPSA) is 71.6 Å². The van der Waals surface area contributed by atoms with Crippen molar-refractivity contribution in [2.24, 2.45) is 0 Å². The van der Waals surface area contributed by atoms with Crippen molar-refractivity contribution in [1.82, 2.24) is 19.5 Å². The maximum Gasteiger partial charge on any atom is 0.350 e.